The van der Waals surface area contributed by atoms with Gasteiger partial charge in [0.15, 0.2) is 11.5 Å². The number of benzene rings is 1. The van der Waals surface area contributed by atoms with Gasteiger partial charge in [-0.25, -0.2) is 9.78 Å². The van der Waals surface area contributed by atoms with Crippen LogP contribution in [0, 0.1) is 5.92 Å². The fourth-order valence-corrected chi connectivity index (χ4v) is 8.48. The number of amides is 3. The van der Waals surface area contributed by atoms with Gasteiger partial charge in [0.25, 0.3) is 5.91 Å². The van der Waals surface area contributed by atoms with Crippen molar-refractivity contribution >= 4 is 58.0 Å². The Morgan fingerprint density at radius 3 is 2.46 bits per heavy atom. The summed E-state index contributed by atoms with van der Waals surface area (Å²) in [6, 6.07) is 9.67. The molecule has 3 aliphatic rings. The monoisotopic (exact) mass is 711 g/mol. The lowest BCUT2D eigenvalue weighted by atomic mass is 9.85. The Morgan fingerprint density at radius 1 is 0.958 bits per heavy atom. The molecule has 0 spiro atoms. The Hall–Kier alpha value is -3.32. The molecule has 1 aromatic carbocycles. The lowest BCUT2D eigenvalue weighted by molar-refractivity contribution is -0.146. The molecular weight excluding hydrogens is 670 g/mol. The number of para-hydroxylation sites is 1. The van der Waals surface area contributed by atoms with Crippen molar-refractivity contribution in [2.45, 2.75) is 75.9 Å². The van der Waals surface area contributed by atoms with E-state index in [1.54, 1.807) is 51.4 Å². The van der Waals surface area contributed by atoms with Gasteiger partial charge in [-0.05, 0) is 61.6 Å². The van der Waals surface area contributed by atoms with Crippen LogP contribution in [0.15, 0.2) is 52.7 Å². The maximum absolute atomic E-state index is 14.7. The molecule has 3 amide bonds. The number of ketones is 1. The average molecular weight is 712 g/mol. The minimum atomic E-state index is -0.799. The lowest BCUT2D eigenvalue weighted by Crippen LogP contribution is -2.64. The molecule has 48 heavy (non-hydrogen) atoms. The van der Waals surface area contributed by atoms with Crippen LogP contribution < -0.4 is 10.1 Å². The molecule has 0 unspecified atom stereocenters. The van der Waals surface area contributed by atoms with E-state index in [0.29, 0.717) is 43.1 Å². The first-order chi connectivity index (χ1) is 23.4. The van der Waals surface area contributed by atoms with E-state index in [1.165, 1.54) is 22.7 Å². The maximum atomic E-state index is 14.7. The Morgan fingerprint density at radius 2 is 1.75 bits per heavy atom. The highest BCUT2D eigenvalue weighted by molar-refractivity contribution is 7.09. The topological polar surface area (TPSA) is 112 Å². The van der Waals surface area contributed by atoms with E-state index in [1.807, 2.05) is 22.4 Å². The number of aromatic nitrogens is 1. The number of nitrogens with zero attached hydrogens (tertiary/aromatic N) is 4. The van der Waals surface area contributed by atoms with Crippen LogP contribution in [-0.2, 0) is 16.0 Å². The van der Waals surface area contributed by atoms with Crippen molar-refractivity contribution in [3.63, 3.8) is 0 Å². The molecule has 13 heteroatoms. The zero-order valence-corrected chi connectivity index (χ0v) is 29.3. The molecule has 1 N–H and O–H groups in total. The maximum Gasteiger partial charge on any atom is 0.415 e. The van der Waals surface area contributed by atoms with Gasteiger partial charge < -0.3 is 24.8 Å². The van der Waals surface area contributed by atoms with Gasteiger partial charge in [0.05, 0.1) is 23.1 Å². The number of hydrogen-bond acceptors (Lipinski definition) is 9. The first kappa shape index (κ1) is 34.5. The largest absolute Gasteiger partial charge is 0.415 e. The third-order valence-electron chi connectivity index (χ3n) is 9.76. The second-order valence-corrected chi connectivity index (χ2v) is 15.0. The van der Waals surface area contributed by atoms with E-state index in [4.69, 9.17) is 16.3 Å². The van der Waals surface area contributed by atoms with Gasteiger partial charge >= 0.3 is 6.09 Å². The number of aryl methyl sites for hydroxylation is 1. The molecule has 3 aromatic rings. The SMILES string of the molecule is O=C(CCc1cccs1)[C@@H]1CN(C(=O)Oc2ccccc2Cl)CCN1C(=O)[C@H](NC1CCCCC1)C1CCN(C(=O)c2cscn2)CC1. The second kappa shape index (κ2) is 16.4. The number of likely N-dealkylation sites (tertiary alicyclic amines) is 1. The van der Waals surface area contributed by atoms with Crippen molar-refractivity contribution in [2.24, 2.45) is 5.92 Å². The standard InChI is InChI=1S/C35H42ClN5O5S2/c36-27-10-4-5-11-31(27)46-35(45)40-18-19-41(29(21-40)30(42)13-12-26-9-6-20-48-26)34(44)32(38-25-7-2-1-3-8-25)24-14-16-39(17-15-24)33(43)28-22-47-23-37-28/h4-6,9-11,20,22-25,29,32,38H,1-3,7-8,12-19,21H2/t29-,32+/m0/s1. The highest BCUT2D eigenvalue weighted by Crippen LogP contribution is 2.29. The third-order valence-corrected chi connectivity index (χ3v) is 11.6. The molecule has 256 valence electrons. The van der Waals surface area contributed by atoms with Crippen LogP contribution in [0.5, 0.6) is 5.75 Å². The van der Waals surface area contributed by atoms with Gasteiger partial charge in [-0.2, -0.15) is 0 Å². The van der Waals surface area contributed by atoms with Gasteiger partial charge in [0.2, 0.25) is 5.91 Å². The lowest BCUT2D eigenvalue weighted by Gasteiger charge is -2.44. The highest BCUT2D eigenvalue weighted by atomic mass is 35.5. The van der Waals surface area contributed by atoms with Gasteiger partial charge in [-0.15, -0.1) is 22.7 Å². The second-order valence-electron chi connectivity index (χ2n) is 12.8. The summed E-state index contributed by atoms with van der Waals surface area (Å²) in [6.45, 7) is 1.59. The molecule has 6 rings (SSSR count). The number of thiophene rings is 1. The predicted molar refractivity (Wildman–Crippen MR) is 187 cm³/mol. The van der Waals surface area contributed by atoms with E-state index in [-0.39, 0.29) is 61.4 Å². The van der Waals surface area contributed by atoms with E-state index in [9.17, 15) is 19.2 Å². The predicted octanol–water partition coefficient (Wildman–Crippen LogP) is 5.91. The van der Waals surface area contributed by atoms with Crippen LogP contribution in [0.3, 0.4) is 0 Å². The van der Waals surface area contributed by atoms with Gasteiger partial charge in [0.1, 0.15) is 11.7 Å². The van der Waals surface area contributed by atoms with E-state index in [2.05, 4.69) is 10.3 Å². The number of piperidine rings is 1. The van der Waals surface area contributed by atoms with E-state index < -0.39 is 18.2 Å². The molecule has 4 heterocycles. The van der Waals surface area contributed by atoms with Gasteiger partial charge in [-0.3, -0.25) is 14.4 Å². The summed E-state index contributed by atoms with van der Waals surface area (Å²) in [5, 5.41) is 7.82. The summed E-state index contributed by atoms with van der Waals surface area (Å²) in [5.74, 6) is 0.00291. The number of carbonyl (C=O) groups excluding carboxylic acids is 4. The van der Waals surface area contributed by atoms with Crippen molar-refractivity contribution in [1.29, 1.82) is 0 Å². The Balaban J connectivity index is 1.19. The number of nitrogens with one attached hydrogen (secondary N) is 1. The summed E-state index contributed by atoms with van der Waals surface area (Å²) in [7, 11) is 0. The van der Waals surface area contributed by atoms with Crippen LogP contribution in [-0.4, -0.2) is 94.2 Å². The molecular formula is C35H42ClN5O5S2. The van der Waals surface area contributed by atoms with E-state index in [0.717, 1.165) is 30.6 Å². The van der Waals surface area contributed by atoms with Crippen LogP contribution in [0.25, 0.3) is 0 Å². The van der Waals surface area contributed by atoms with Crippen molar-refractivity contribution in [2.75, 3.05) is 32.7 Å². The van der Waals surface area contributed by atoms with Crippen LogP contribution in [0.1, 0.15) is 66.7 Å². The van der Waals surface area contributed by atoms with Crippen LogP contribution in [0.4, 0.5) is 4.79 Å². The third kappa shape index (κ3) is 8.45. The van der Waals surface area contributed by atoms with E-state index >= 15 is 0 Å². The molecule has 0 radical (unpaired) electrons. The molecule has 3 fully saturated rings. The molecule has 1 saturated carbocycles. The molecule has 2 saturated heterocycles. The number of hydrogen-bond donors (Lipinski definition) is 1. The summed E-state index contributed by atoms with van der Waals surface area (Å²) in [6.07, 6.45) is 7.05. The minimum Gasteiger partial charge on any atom is -0.409 e. The normalized spacial score (nSPS) is 20.0. The summed E-state index contributed by atoms with van der Waals surface area (Å²) < 4.78 is 5.62. The Kier molecular flexibility index (Phi) is 11.8. The number of rotatable bonds is 10. The van der Waals surface area contributed by atoms with Crippen molar-refractivity contribution in [3.05, 3.63) is 68.3 Å². The molecule has 2 atom stereocenters. The summed E-state index contributed by atoms with van der Waals surface area (Å²) >= 11 is 9.25. The number of ether oxygens (including phenoxy) is 1. The van der Waals surface area contributed by atoms with Gasteiger partial charge in [0, 0.05) is 48.9 Å². The Bertz CT molecular complexity index is 1540. The zero-order valence-electron chi connectivity index (χ0n) is 26.9. The van der Waals surface area contributed by atoms with Gasteiger partial charge in [-0.1, -0.05) is 49.1 Å². The fourth-order valence-electron chi connectivity index (χ4n) is 7.07. The molecule has 2 aliphatic heterocycles. The number of Topliss-reactive ketones (excluding diaryl/α,β-unsaturated/α-hetero) is 1. The number of carbonyl (C=O) groups is 4. The minimum absolute atomic E-state index is 0.00370. The summed E-state index contributed by atoms with van der Waals surface area (Å²) in [5.41, 5.74) is 2.12. The number of thiazole rings is 1. The zero-order chi connectivity index (χ0) is 33.5. The average Bonchev–Trinajstić information content (AvgIpc) is 3.86. The van der Waals surface area contributed by atoms with Crippen LogP contribution >= 0.6 is 34.3 Å². The smallest absolute Gasteiger partial charge is 0.409 e. The first-order valence-electron chi connectivity index (χ1n) is 16.9. The summed E-state index contributed by atoms with van der Waals surface area (Å²) in [4.78, 5) is 65.3. The van der Waals surface area contributed by atoms with Crippen molar-refractivity contribution in [3.8, 4) is 5.75 Å². The fraction of sp³-hybridized carbons (Fsp3) is 0.514. The first-order valence-corrected chi connectivity index (χ1v) is 19.1. The van der Waals surface area contributed by atoms with Crippen LogP contribution in [0.2, 0.25) is 5.02 Å². The quantitative estimate of drug-likeness (QED) is 0.278. The molecule has 0 bridgehead atoms. The Labute approximate surface area is 294 Å². The molecule has 10 nitrogen and oxygen atoms in total. The highest BCUT2D eigenvalue weighted by Gasteiger charge is 2.43. The molecule has 1 aliphatic carbocycles. The van der Waals surface area contributed by atoms with Crippen molar-refractivity contribution < 1.29 is 23.9 Å². The molecule has 2 aromatic heterocycles. The number of piperazine rings is 1. The van der Waals surface area contributed by atoms with Crippen molar-refractivity contribution in [1.82, 2.24) is 25.0 Å². The number of halogens is 1.